The van der Waals surface area contributed by atoms with Gasteiger partial charge in [-0.3, -0.25) is 4.79 Å². The summed E-state index contributed by atoms with van der Waals surface area (Å²) in [5.74, 6) is 0.723. The molecule has 102 valence electrons. The molecule has 0 aliphatic rings. The second-order valence-corrected chi connectivity index (χ2v) is 6.24. The van der Waals surface area contributed by atoms with Gasteiger partial charge in [-0.2, -0.15) is 0 Å². The van der Waals surface area contributed by atoms with Gasteiger partial charge in [0.25, 0.3) is 0 Å². The highest BCUT2D eigenvalue weighted by atomic mass is 35.5. The summed E-state index contributed by atoms with van der Waals surface area (Å²) >= 11 is 7.52. The van der Waals surface area contributed by atoms with Gasteiger partial charge in [0.05, 0.1) is 0 Å². The number of carbonyl (C=O) groups is 1. The summed E-state index contributed by atoms with van der Waals surface area (Å²) in [4.78, 5) is 13.2. The average molecular weight is 288 g/mol. The van der Waals surface area contributed by atoms with Crippen molar-refractivity contribution in [1.82, 2.24) is 5.32 Å². The molecule has 18 heavy (non-hydrogen) atoms. The molecule has 0 radical (unpaired) electrons. The fourth-order valence-corrected chi connectivity index (χ4v) is 2.98. The van der Waals surface area contributed by atoms with Crippen molar-refractivity contribution < 1.29 is 4.79 Å². The second-order valence-electron chi connectivity index (χ2n) is 4.83. The largest absolute Gasteiger partial charge is 0.351 e. The first-order chi connectivity index (χ1) is 8.59. The highest BCUT2D eigenvalue weighted by Crippen LogP contribution is 2.16. The Hall–Kier alpha value is -0.540. The molecule has 1 aromatic rings. The number of aryl methyl sites for hydroxylation is 1. The molecule has 1 aromatic heterocycles. The number of amides is 1. The zero-order chi connectivity index (χ0) is 13.4. The van der Waals surface area contributed by atoms with Gasteiger partial charge in [-0.05, 0) is 44.1 Å². The lowest BCUT2D eigenvalue weighted by molar-refractivity contribution is -0.123. The lowest BCUT2D eigenvalue weighted by Gasteiger charge is -2.29. The van der Waals surface area contributed by atoms with E-state index in [9.17, 15) is 4.79 Å². The van der Waals surface area contributed by atoms with Gasteiger partial charge in [0, 0.05) is 22.7 Å². The van der Waals surface area contributed by atoms with Crippen LogP contribution >= 0.6 is 22.9 Å². The first-order valence-corrected chi connectivity index (χ1v) is 7.90. The molecule has 0 saturated heterocycles. The van der Waals surface area contributed by atoms with Crippen LogP contribution < -0.4 is 5.32 Å². The van der Waals surface area contributed by atoms with E-state index in [1.165, 1.54) is 4.88 Å². The zero-order valence-corrected chi connectivity index (χ0v) is 12.7. The summed E-state index contributed by atoms with van der Waals surface area (Å²) in [5, 5.41) is 5.18. The maximum atomic E-state index is 11.9. The van der Waals surface area contributed by atoms with Crippen LogP contribution in [0.4, 0.5) is 0 Å². The van der Waals surface area contributed by atoms with Crippen molar-refractivity contribution in [3.05, 3.63) is 22.4 Å². The number of carbonyl (C=O) groups excluding carboxylic acids is 1. The number of alkyl halides is 1. The molecular formula is C14H22ClNOS. The lowest BCUT2D eigenvalue weighted by Crippen LogP contribution is -2.45. The van der Waals surface area contributed by atoms with Crippen LogP contribution in [0.5, 0.6) is 0 Å². The molecule has 2 nitrogen and oxygen atoms in total. The Morgan fingerprint density at radius 1 is 1.56 bits per heavy atom. The minimum absolute atomic E-state index is 0.140. The molecule has 1 atom stereocenters. The van der Waals surface area contributed by atoms with Crippen LogP contribution in [0.15, 0.2) is 17.5 Å². The number of nitrogens with one attached hydrogen (secondary N) is 1. The topological polar surface area (TPSA) is 29.1 Å². The number of thiophene rings is 1. The minimum Gasteiger partial charge on any atom is -0.351 e. The van der Waals surface area contributed by atoms with Crippen molar-refractivity contribution in [2.24, 2.45) is 0 Å². The third-order valence-corrected chi connectivity index (χ3v) is 4.40. The predicted molar refractivity (Wildman–Crippen MR) is 79.4 cm³/mol. The molecule has 0 saturated carbocycles. The van der Waals surface area contributed by atoms with E-state index in [0.29, 0.717) is 12.3 Å². The number of hydrogen-bond acceptors (Lipinski definition) is 2. The van der Waals surface area contributed by atoms with Crippen molar-refractivity contribution in [2.45, 2.75) is 51.5 Å². The summed E-state index contributed by atoms with van der Waals surface area (Å²) in [5.41, 5.74) is -0.151. The maximum absolute atomic E-state index is 11.9. The fraction of sp³-hybridized carbons (Fsp3) is 0.643. The van der Waals surface area contributed by atoms with E-state index in [4.69, 9.17) is 11.6 Å². The maximum Gasteiger partial charge on any atom is 0.220 e. The zero-order valence-electron chi connectivity index (χ0n) is 11.2. The third kappa shape index (κ3) is 5.40. The Balaban J connectivity index is 2.28. The lowest BCUT2D eigenvalue weighted by atomic mass is 9.95. The Morgan fingerprint density at radius 2 is 2.33 bits per heavy atom. The fourth-order valence-electron chi connectivity index (χ4n) is 1.81. The van der Waals surface area contributed by atoms with Gasteiger partial charge in [0.2, 0.25) is 5.91 Å². The summed E-state index contributed by atoms with van der Waals surface area (Å²) < 4.78 is 0. The standard InChI is InChI=1S/C14H22ClNOS/c1-3-14(2,9-10-15)16-13(17)8-4-6-12-7-5-11-18-12/h5,7,11H,3-4,6,8-10H2,1-2H3,(H,16,17). The van der Waals surface area contributed by atoms with Crippen LogP contribution in [0, 0.1) is 0 Å². The highest BCUT2D eigenvalue weighted by Gasteiger charge is 2.22. The Bertz CT molecular complexity index is 353. The molecular weight excluding hydrogens is 266 g/mol. The molecule has 0 bridgehead atoms. The molecule has 4 heteroatoms. The van der Waals surface area contributed by atoms with E-state index in [2.05, 4.69) is 36.7 Å². The predicted octanol–water partition coefficient (Wildman–Crippen LogP) is 3.98. The Morgan fingerprint density at radius 3 is 2.89 bits per heavy atom. The molecule has 0 aliphatic carbocycles. The van der Waals surface area contributed by atoms with Gasteiger partial charge in [0.1, 0.15) is 0 Å². The monoisotopic (exact) mass is 287 g/mol. The molecule has 0 fully saturated rings. The summed E-state index contributed by atoms with van der Waals surface area (Å²) in [6, 6.07) is 4.17. The first kappa shape index (κ1) is 15.5. The van der Waals surface area contributed by atoms with Crippen LogP contribution in [0.3, 0.4) is 0 Å². The van der Waals surface area contributed by atoms with E-state index >= 15 is 0 Å². The van der Waals surface area contributed by atoms with Gasteiger partial charge in [-0.15, -0.1) is 22.9 Å². The number of hydrogen-bond donors (Lipinski definition) is 1. The minimum atomic E-state index is -0.151. The smallest absolute Gasteiger partial charge is 0.220 e. The van der Waals surface area contributed by atoms with Crippen LogP contribution in [0.2, 0.25) is 0 Å². The summed E-state index contributed by atoms with van der Waals surface area (Å²) in [7, 11) is 0. The van der Waals surface area contributed by atoms with Crippen molar-refractivity contribution in [1.29, 1.82) is 0 Å². The van der Waals surface area contributed by atoms with Gasteiger partial charge in [-0.1, -0.05) is 13.0 Å². The van der Waals surface area contributed by atoms with Crippen molar-refractivity contribution >= 4 is 28.8 Å². The van der Waals surface area contributed by atoms with Crippen molar-refractivity contribution in [3.8, 4) is 0 Å². The van der Waals surface area contributed by atoms with E-state index in [1.807, 2.05) is 0 Å². The summed E-state index contributed by atoms with van der Waals surface area (Å²) in [6.07, 6.45) is 4.23. The molecule has 1 unspecified atom stereocenters. The van der Waals surface area contributed by atoms with Crippen LogP contribution in [-0.2, 0) is 11.2 Å². The average Bonchev–Trinajstić information content (AvgIpc) is 2.82. The molecule has 1 N–H and O–H groups in total. The normalized spacial score (nSPS) is 14.2. The number of halogens is 1. The van der Waals surface area contributed by atoms with E-state index in [0.717, 1.165) is 25.7 Å². The molecule has 0 spiro atoms. The molecule has 1 rings (SSSR count). The van der Waals surface area contributed by atoms with Crippen molar-refractivity contribution in [2.75, 3.05) is 5.88 Å². The van der Waals surface area contributed by atoms with Crippen molar-refractivity contribution in [3.63, 3.8) is 0 Å². The van der Waals surface area contributed by atoms with E-state index < -0.39 is 0 Å². The number of rotatable bonds is 8. The van der Waals surface area contributed by atoms with Gasteiger partial charge in [-0.25, -0.2) is 0 Å². The van der Waals surface area contributed by atoms with Crippen LogP contribution in [-0.4, -0.2) is 17.3 Å². The quantitative estimate of drug-likeness (QED) is 0.720. The van der Waals surface area contributed by atoms with E-state index in [-0.39, 0.29) is 11.4 Å². The van der Waals surface area contributed by atoms with Gasteiger partial charge >= 0.3 is 0 Å². The summed E-state index contributed by atoms with van der Waals surface area (Å²) in [6.45, 7) is 4.14. The highest BCUT2D eigenvalue weighted by molar-refractivity contribution is 7.09. The third-order valence-electron chi connectivity index (χ3n) is 3.27. The van der Waals surface area contributed by atoms with Gasteiger partial charge in [0.15, 0.2) is 0 Å². The molecule has 0 aromatic carbocycles. The SMILES string of the molecule is CCC(C)(CCCl)NC(=O)CCCc1cccs1. The van der Waals surface area contributed by atoms with E-state index in [1.54, 1.807) is 11.3 Å². The molecule has 0 aliphatic heterocycles. The molecule has 1 heterocycles. The Labute approximate surface area is 119 Å². The second kappa shape index (κ2) is 7.80. The Kier molecular flexibility index (Phi) is 6.72. The van der Waals surface area contributed by atoms with Gasteiger partial charge < -0.3 is 5.32 Å². The molecule has 1 amide bonds. The first-order valence-electron chi connectivity index (χ1n) is 6.49. The van der Waals surface area contributed by atoms with Crippen LogP contribution in [0.25, 0.3) is 0 Å². The van der Waals surface area contributed by atoms with Crippen LogP contribution in [0.1, 0.15) is 44.4 Å².